The van der Waals surface area contributed by atoms with Crippen LogP contribution in [0.2, 0.25) is 0 Å². The summed E-state index contributed by atoms with van der Waals surface area (Å²) < 4.78 is 0. The first-order valence-corrected chi connectivity index (χ1v) is 8.25. The molecule has 1 amide bonds. The predicted octanol–water partition coefficient (Wildman–Crippen LogP) is 2.86. The third-order valence-electron chi connectivity index (χ3n) is 4.27. The molecule has 0 unspecified atom stereocenters. The van der Waals surface area contributed by atoms with Crippen LogP contribution in [0.5, 0.6) is 5.75 Å². The average Bonchev–Trinajstić information content (AvgIpc) is 2.63. The van der Waals surface area contributed by atoms with Crippen LogP contribution in [-0.4, -0.2) is 53.5 Å². The van der Waals surface area contributed by atoms with Gasteiger partial charge in [0.15, 0.2) is 0 Å². The number of aromatic hydroxyl groups is 1. The third kappa shape index (κ3) is 4.03. The number of carbonyl (C=O) groups excluding carboxylic acids is 1. The number of hydrogen-bond acceptors (Lipinski definition) is 3. The van der Waals surface area contributed by atoms with Gasteiger partial charge in [-0.15, -0.1) is 0 Å². The topological polar surface area (TPSA) is 43.8 Å². The van der Waals surface area contributed by atoms with Gasteiger partial charge in [-0.2, -0.15) is 0 Å². The van der Waals surface area contributed by atoms with Crippen molar-refractivity contribution in [1.29, 1.82) is 0 Å². The van der Waals surface area contributed by atoms with Crippen LogP contribution in [0.1, 0.15) is 15.9 Å². The van der Waals surface area contributed by atoms with Crippen LogP contribution in [0.4, 0.5) is 0 Å². The number of amides is 1. The van der Waals surface area contributed by atoms with Gasteiger partial charge in [0.05, 0.1) is 5.56 Å². The van der Waals surface area contributed by atoms with Crippen molar-refractivity contribution in [2.45, 2.75) is 0 Å². The Kier molecular flexibility index (Phi) is 5.29. The molecule has 0 aromatic heterocycles. The van der Waals surface area contributed by atoms with E-state index in [2.05, 4.69) is 29.2 Å². The van der Waals surface area contributed by atoms with Crippen LogP contribution < -0.4 is 0 Å². The van der Waals surface area contributed by atoms with E-state index in [0.29, 0.717) is 18.7 Å². The fraction of sp³-hybridized carbons (Fsp3) is 0.250. The number of rotatable bonds is 4. The molecule has 3 rings (SSSR count). The van der Waals surface area contributed by atoms with E-state index in [4.69, 9.17) is 0 Å². The van der Waals surface area contributed by atoms with E-state index in [1.807, 2.05) is 23.1 Å². The van der Waals surface area contributed by atoms with E-state index in [1.54, 1.807) is 24.3 Å². The van der Waals surface area contributed by atoms with Crippen molar-refractivity contribution in [1.82, 2.24) is 9.80 Å². The fourth-order valence-electron chi connectivity index (χ4n) is 2.86. The van der Waals surface area contributed by atoms with Crippen molar-refractivity contribution in [3.05, 3.63) is 71.8 Å². The Morgan fingerprint density at radius 1 is 0.958 bits per heavy atom. The molecule has 0 atom stereocenters. The van der Waals surface area contributed by atoms with Crippen LogP contribution in [0.25, 0.3) is 6.08 Å². The summed E-state index contributed by atoms with van der Waals surface area (Å²) >= 11 is 0. The van der Waals surface area contributed by atoms with E-state index in [-0.39, 0.29) is 11.7 Å². The predicted molar refractivity (Wildman–Crippen MR) is 95.9 cm³/mol. The Balaban J connectivity index is 1.50. The molecule has 1 aliphatic heterocycles. The Labute approximate surface area is 142 Å². The lowest BCUT2D eigenvalue weighted by molar-refractivity contribution is 0.0647. The quantitative estimate of drug-likeness (QED) is 0.941. The molecular formula is C20H22N2O2. The number of benzene rings is 2. The summed E-state index contributed by atoms with van der Waals surface area (Å²) in [4.78, 5) is 16.6. The maximum Gasteiger partial charge on any atom is 0.257 e. The third-order valence-corrected chi connectivity index (χ3v) is 4.27. The van der Waals surface area contributed by atoms with Crippen LogP contribution >= 0.6 is 0 Å². The minimum Gasteiger partial charge on any atom is -0.507 e. The summed E-state index contributed by atoms with van der Waals surface area (Å²) in [6.45, 7) is 3.95. The molecule has 0 saturated carbocycles. The minimum atomic E-state index is -0.0902. The van der Waals surface area contributed by atoms with Crippen molar-refractivity contribution in [3.63, 3.8) is 0 Å². The summed E-state index contributed by atoms with van der Waals surface area (Å²) in [5.41, 5.74) is 1.58. The van der Waals surface area contributed by atoms with Gasteiger partial charge in [-0.1, -0.05) is 54.6 Å². The molecule has 24 heavy (non-hydrogen) atoms. The Morgan fingerprint density at radius 2 is 1.62 bits per heavy atom. The molecule has 1 saturated heterocycles. The van der Waals surface area contributed by atoms with Gasteiger partial charge >= 0.3 is 0 Å². The molecule has 2 aromatic carbocycles. The monoisotopic (exact) mass is 322 g/mol. The SMILES string of the molecule is O=C(c1ccccc1O)N1CCN(C/C=C/c2ccccc2)CC1. The zero-order valence-corrected chi connectivity index (χ0v) is 13.6. The van der Waals surface area contributed by atoms with E-state index in [1.165, 1.54) is 5.56 Å². The fourth-order valence-corrected chi connectivity index (χ4v) is 2.86. The van der Waals surface area contributed by atoms with Crippen LogP contribution in [-0.2, 0) is 0 Å². The zero-order valence-electron chi connectivity index (χ0n) is 13.6. The van der Waals surface area contributed by atoms with Gasteiger partial charge in [0.25, 0.3) is 5.91 Å². The lowest BCUT2D eigenvalue weighted by atomic mass is 10.1. The average molecular weight is 322 g/mol. The Bertz CT molecular complexity index is 705. The number of phenolic OH excluding ortho intramolecular Hbond substituents is 1. The molecule has 4 nitrogen and oxygen atoms in total. The lowest BCUT2D eigenvalue weighted by Gasteiger charge is -2.34. The summed E-state index contributed by atoms with van der Waals surface area (Å²) in [7, 11) is 0. The van der Waals surface area contributed by atoms with Gasteiger partial charge < -0.3 is 10.0 Å². The standard InChI is InChI=1S/C20H22N2O2/c23-19-11-5-4-10-18(19)20(24)22-15-13-21(14-16-22)12-6-9-17-7-2-1-3-8-17/h1-11,23H,12-16H2/b9-6+. The number of para-hydroxylation sites is 1. The van der Waals surface area contributed by atoms with Crippen molar-refractivity contribution >= 4 is 12.0 Å². The molecule has 0 spiro atoms. The van der Waals surface area contributed by atoms with Crippen LogP contribution in [0.15, 0.2) is 60.7 Å². The van der Waals surface area contributed by atoms with Gasteiger partial charge in [-0.05, 0) is 17.7 Å². The first-order chi connectivity index (χ1) is 11.7. The summed E-state index contributed by atoms with van der Waals surface area (Å²) in [6, 6.07) is 17.0. The summed E-state index contributed by atoms with van der Waals surface area (Å²) in [5, 5.41) is 9.82. The molecule has 124 valence electrons. The first kappa shape index (κ1) is 16.3. The summed E-state index contributed by atoms with van der Waals surface area (Å²) in [6.07, 6.45) is 4.29. The van der Waals surface area contributed by atoms with Crippen molar-refractivity contribution in [3.8, 4) is 5.75 Å². The molecule has 1 fully saturated rings. The number of phenols is 1. The molecule has 2 aromatic rings. The highest BCUT2D eigenvalue weighted by Crippen LogP contribution is 2.18. The molecule has 1 heterocycles. The highest BCUT2D eigenvalue weighted by molar-refractivity contribution is 5.96. The second-order valence-corrected chi connectivity index (χ2v) is 5.92. The van der Waals surface area contributed by atoms with E-state index in [9.17, 15) is 9.90 Å². The number of carbonyl (C=O) groups is 1. The van der Waals surface area contributed by atoms with E-state index < -0.39 is 0 Å². The molecular weight excluding hydrogens is 300 g/mol. The lowest BCUT2D eigenvalue weighted by Crippen LogP contribution is -2.48. The minimum absolute atomic E-state index is 0.0516. The van der Waals surface area contributed by atoms with E-state index >= 15 is 0 Å². The van der Waals surface area contributed by atoms with Gasteiger partial charge in [0.1, 0.15) is 5.75 Å². The first-order valence-electron chi connectivity index (χ1n) is 8.25. The zero-order chi connectivity index (χ0) is 16.8. The van der Waals surface area contributed by atoms with Gasteiger partial charge in [0.2, 0.25) is 0 Å². The largest absolute Gasteiger partial charge is 0.507 e. The molecule has 0 aliphatic carbocycles. The van der Waals surface area contributed by atoms with Crippen LogP contribution in [0.3, 0.4) is 0 Å². The van der Waals surface area contributed by atoms with Crippen molar-refractivity contribution in [2.75, 3.05) is 32.7 Å². The Hall–Kier alpha value is -2.59. The Morgan fingerprint density at radius 3 is 2.33 bits per heavy atom. The number of hydrogen-bond donors (Lipinski definition) is 1. The second kappa shape index (κ2) is 7.79. The highest BCUT2D eigenvalue weighted by atomic mass is 16.3. The summed E-state index contributed by atoms with van der Waals surface area (Å²) in [5.74, 6) is -0.0386. The highest BCUT2D eigenvalue weighted by Gasteiger charge is 2.23. The molecule has 0 radical (unpaired) electrons. The van der Waals surface area contributed by atoms with Gasteiger partial charge in [0, 0.05) is 32.7 Å². The van der Waals surface area contributed by atoms with E-state index in [0.717, 1.165) is 19.6 Å². The molecule has 0 bridgehead atoms. The maximum atomic E-state index is 12.5. The van der Waals surface area contributed by atoms with Gasteiger partial charge in [-0.25, -0.2) is 0 Å². The molecule has 1 N–H and O–H groups in total. The maximum absolute atomic E-state index is 12.5. The van der Waals surface area contributed by atoms with Crippen molar-refractivity contribution in [2.24, 2.45) is 0 Å². The number of piperazine rings is 1. The normalized spacial score (nSPS) is 15.8. The molecule has 1 aliphatic rings. The second-order valence-electron chi connectivity index (χ2n) is 5.92. The van der Waals surface area contributed by atoms with Gasteiger partial charge in [-0.3, -0.25) is 9.69 Å². The smallest absolute Gasteiger partial charge is 0.257 e. The molecule has 4 heteroatoms. The van der Waals surface area contributed by atoms with Crippen LogP contribution in [0, 0.1) is 0 Å². The number of nitrogens with zero attached hydrogens (tertiary/aromatic N) is 2. The van der Waals surface area contributed by atoms with Crippen molar-refractivity contribution < 1.29 is 9.90 Å².